The molecule has 4 aliphatic rings. The van der Waals surface area contributed by atoms with Gasteiger partial charge in [0.2, 0.25) is 0 Å². The van der Waals surface area contributed by atoms with E-state index < -0.39 is 26.2 Å². The molecule has 2 unspecified atom stereocenters. The van der Waals surface area contributed by atoms with Crippen molar-refractivity contribution in [2.45, 2.75) is 138 Å². The van der Waals surface area contributed by atoms with Gasteiger partial charge in [0.15, 0.2) is 11.5 Å². The second-order valence-electron chi connectivity index (χ2n) is 23.1. The molecule has 0 saturated heterocycles. The number of hydrogen-bond donors (Lipinski definition) is 6. The second-order valence-corrected chi connectivity index (χ2v) is 23.9. The maximum atomic E-state index is 13.0. The Morgan fingerprint density at radius 1 is 0.685 bits per heavy atom. The molecule has 6 N–H and O–H groups in total. The largest absolute Gasteiger partial charge is 0.488 e. The van der Waals surface area contributed by atoms with Crippen LogP contribution in [0.2, 0.25) is 10.0 Å². The molecule has 4 fully saturated rings. The van der Waals surface area contributed by atoms with Gasteiger partial charge in [-0.1, -0.05) is 132 Å². The Balaban J connectivity index is 1.03. The summed E-state index contributed by atoms with van der Waals surface area (Å²) in [7, 11) is -3.27. The number of carboxylic acid groups (broad SMARTS) is 2. The third kappa shape index (κ3) is 12.1. The molecule has 0 spiro atoms. The first-order valence-electron chi connectivity index (χ1n) is 26.8. The Morgan fingerprint density at radius 2 is 1.21 bits per heavy atom. The van der Waals surface area contributed by atoms with Crippen molar-refractivity contribution in [2.75, 3.05) is 0 Å². The molecule has 9 atom stereocenters. The number of aromatic carboxylic acids is 2. The summed E-state index contributed by atoms with van der Waals surface area (Å²) >= 11 is 13.9. The minimum Gasteiger partial charge on any atom is -0.486 e. The van der Waals surface area contributed by atoms with Gasteiger partial charge in [-0.05, 0) is 192 Å². The molecule has 8 rings (SSSR count). The predicted molar refractivity (Wildman–Crippen MR) is 291 cm³/mol. The number of allylic oxidation sites excluding steroid dienone is 1. The fraction of sp³-hybridized carbons (Fsp3) is 0.525. The van der Waals surface area contributed by atoms with Gasteiger partial charge >= 0.3 is 26.2 Å². The summed E-state index contributed by atoms with van der Waals surface area (Å²) in [5, 5.41) is 59.3. The van der Waals surface area contributed by atoms with Crippen LogP contribution < -0.4 is 20.4 Å². The fourth-order valence-electron chi connectivity index (χ4n) is 14.5. The van der Waals surface area contributed by atoms with Crippen LogP contribution in [-0.2, 0) is 13.2 Å². The van der Waals surface area contributed by atoms with Crippen LogP contribution in [-0.4, -0.2) is 56.5 Å². The van der Waals surface area contributed by atoms with Crippen molar-refractivity contribution in [3.8, 4) is 11.5 Å². The zero-order valence-corrected chi connectivity index (χ0v) is 44.7. The summed E-state index contributed by atoms with van der Waals surface area (Å²) in [4.78, 5) is 25.9. The first-order chi connectivity index (χ1) is 34.8. The zero-order chi connectivity index (χ0) is 52.4. The number of rotatable bonds is 20. The average Bonchev–Trinajstić information content (AvgIpc) is 3.71. The van der Waals surface area contributed by atoms with Crippen LogP contribution in [0.1, 0.15) is 167 Å². The summed E-state index contributed by atoms with van der Waals surface area (Å²) in [6.07, 6.45) is 19.4. The summed E-state index contributed by atoms with van der Waals surface area (Å²) in [5.74, 6) is 3.44. The van der Waals surface area contributed by atoms with Gasteiger partial charge in [-0.25, -0.2) is 9.59 Å². The van der Waals surface area contributed by atoms with Crippen LogP contribution in [0.25, 0.3) is 5.57 Å². The summed E-state index contributed by atoms with van der Waals surface area (Å²) in [5.41, 5.74) is 3.80. The first-order valence-corrected chi connectivity index (χ1v) is 27.5. The lowest BCUT2D eigenvalue weighted by Crippen LogP contribution is -2.53. The third-order valence-electron chi connectivity index (χ3n) is 18.4. The molecule has 10 nitrogen and oxygen atoms in total. The number of carboxylic acids is 2. The molecular weight excluding hydrogens is 961 g/mol. The maximum absolute atomic E-state index is 13.0. The van der Waals surface area contributed by atoms with Crippen molar-refractivity contribution in [1.29, 1.82) is 0 Å². The minimum atomic E-state index is -1.63. The number of ether oxygens (including phenoxy) is 2. The van der Waals surface area contributed by atoms with Gasteiger partial charge in [0.25, 0.3) is 0 Å². The van der Waals surface area contributed by atoms with Gasteiger partial charge in [0, 0.05) is 0 Å². The minimum absolute atomic E-state index is 0.0416. The van der Waals surface area contributed by atoms with Crippen LogP contribution in [0.5, 0.6) is 11.5 Å². The van der Waals surface area contributed by atoms with Crippen LogP contribution in [0.4, 0.5) is 0 Å². The molecule has 4 aliphatic carbocycles. The predicted octanol–water partition coefficient (Wildman–Crippen LogP) is 11.9. The Morgan fingerprint density at radius 3 is 1.71 bits per heavy atom. The Kier molecular flexibility index (Phi) is 17.5. The van der Waals surface area contributed by atoms with E-state index in [0.717, 1.165) is 48.3 Å². The normalized spacial score (nSPS) is 25.8. The van der Waals surface area contributed by atoms with Crippen molar-refractivity contribution in [3.05, 3.63) is 122 Å². The van der Waals surface area contributed by atoms with Gasteiger partial charge in [-0.2, -0.15) is 0 Å². The van der Waals surface area contributed by atoms with Gasteiger partial charge in [0.1, 0.15) is 24.3 Å². The monoisotopic (exact) mass is 1030 g/mol. The van der Waals surface area contributed by atoms with Crippen LogP contribution in [0.15, 0.2) is 78.9 Å². The SMILES string of the molecule is CC(C)CCCC(C)[C@H]1CC[C@H]2[C@@H]3CCC4C[C@@H](CCC=C(c5cc(Cl)c(OCc6ccc(B(O)O)cc6)c(C(=O)O)c5)c5cc(Cl)c(OCc6ccc(B(O)O)cc6)c(C(=O)O)c5)CC[C@]4(C)[C@H]3CC[C@]12C. The number of halogens is 2. The smallest absolute Gasteiger partial charge is 0.486 e. The highest BCUT2D eigenvalue weighted by Gasteiger charge is 2.60. The zero-order valence-electron chi connectivity index (χ0n) is 43.2. The van der Waals surface area contributed by atoms with E-state index in [9.17, 15) is 39.9 Å². The molecule has 0 heterocycles. The highest BCUT2D eigenvalue weighted by molar-refractivity contribution is 6.58. The van der Waals surface area contributed by atoms with Crippen molar-refractivity contribution in [2.24, 2.45) is 58.2 Å². The molecule has 0 bridgehead atoms. The molecule has 73 heavy (non-hydrogen) atoms. The number of fused-ring (bicyclic) bond motifs is 5. The summed E-state index contributed by atoms with van der Waals surface area (Å²) in [6, 6.07) is 19.0. The lowest BCUT2D eigenvalue weighted by atomic mass is 9.44. The molecule has 0 aromatic heterocycles. The van der Waals surface area contributed by atoms with Gasteiger partial charge < -0.3 is 39.8 Å². The maximum Gasteiger partial charge on any atom is 0.488 e. The van der Waals surface area contributed by atoms with E-state index in [-0.39, 0.29) is 45.9 Å². The number of benzene rings is 4. The molecule has 0 amide bonds. The van der Waals surface area contributed by atoms with Gasteiger partial charge in [-0.15, -0.1) is 0 Å². The second kappa shape index (κ2) is 23.3. The molecule has 0 radical (unpaired) electrons. The molecule has 390 valence electrons. The number of carbonyl (C=O) groups is 2. The number of hydrogen-bond acceptors (Lipinski definition) is 8. The summed E-state index contributed by atoms with van der Waals surface area (Å²) in [6.45, 7) is 12.5. The molecule has 14 heteroatoms. The van der Waals surface area contributed by atoms with Gasteiger partial charge in [0.05, 0.1) is 10.0 Å². The topological polar surface area (TPSA) is 174 Å². The summed E-state index contributed by atoms with van der Waals surface area (Å²) < 4.78 is 12.1. The van der Waals surface area contributed by atoms with E-state index >= 15 is 0 Å². The van der Waals surface area contributed by atoms with E-state index in [1.807, 2.05) is 0 Å². The highest BCUT2D eigenvalue weighted by Crippen LogP contribution is 2.69. The molecule has 4 saturated carbocycles. The quantitative estimate of drug-likeness (QED) is 0.0468. The average molecular weight is 1040 g/mol. The standard InChI is InChI=1S/C59H74B2Cl2O10/c1-35(2)8-6-9-36(3)49-22-23-50-46-21-16-42-28-37(24-26-58(42,4)51(46)25-27-59(49,50)5)10-7-11-45(40-29-47(56(64)65)54(52(62)31-40)72-33-38-12-17-43(18-13-38)60(68)69)41-30-48(57(66)67)55(53(63)32-41)73-34-39-14-19-44(20-15-39)61(70)71/h11-15,17-20,29-32,35-37,42,46,49-51,68-71H,6-10,16,21-28,33-34H2,1-5H3,(H,64,65)(H,66,67)/t36?,37-,42?,46-,49+,50-,51-,58-,59+/m0/s1. The Bertz CT molecular complexity index is 2500. The highest BCUT2D eigenvalue weighted by atomic mass is 35.5. The molecule has 4 aromatic rings. The van der Waals surface area contributed by atoms with Crippen molar-refractivity contribution in [1.82, 2.24) is 0 Å². The van der Waals surface area contributed by atoms with Crippen molar-refractivity contribution < 1.29 is 49.4 Å². The molecular formula is C59H74B2Cl2O10. The van der Waals surface area contributed by atoms with Crippen LogP contribution in [0, 0.1) is 58.2 Å². The lowest BCUT2D eigenvalue weighted by Gasteiger charge is -2.61. The third-order valence-corrected chi connectivity index (χ3v) is 19.0. The van der Waals surface area contributed by atoms with E-state index in [1.54, 1.807) is 60.7 Å². The van der Waals surface area contributed by atoms with E-state index in [4.69, 9.17) is 32.7 Å². The van der Waals surface area contributed by atoms with Crippen molar-refractivity contribution >= 4 is 65.9 Å². The Labute approximate surface area is 442 Å². The van der Waals surface area contributed by atoms with Crippen LogP contribution in [0.3, 0.4) is 0 Å². The van der Waals surface area contributed by atoms with E-state index in [0.29, 0.717) is 67.8 Å². The molecule has 4 aromatic carbocycles. The van der Waals surface area contributed by atoms with E-state index in [2.05, 4.69) is 40.7 Å². The van der Waals surface area contributed by atoms with Crippen LogP contribution >= 0.6 is 23.2 Å². The molecule has 0 aliphatic heterocycles. The lowest BCUT2D eigenvalue weighted by molar-refractivity contribution is -0.121. The Hall–Kier alpha value is -4.29. The first kappa shape index (κ1) is 55.0. The van der Waals surface area contributed by atoms with Crippen molar-refractivity contribution in [3.63, 3.8) is 0 Å². The van der Waals surface area contributed by atoms with Gasteiger partial charge in [-0.3, -0.25) is 0 Å². The van der Waals surface area contributed by atoms with E-state index in [1.165, 1.54) is 82.8 Å². The fourth-order valence-corrected chi connectivity index (χ4v) is 15.0.